The molecule has 2 aromatic rings. The van der Waals surface area contributed by atoms with Crippen molar-refractivity contribution in [3.8, 4) is 0 Å². The Bertz CT molecular complexity index is 659. The Kier molecular flexibility index (Phi) is 3.06. The highest BCUT2D eigenvalue weighted by molar-refractivity contribution is 5.91. The average Bonchev–Trinajstić information content (AvgIpc) is 2.36. The molecule has 1 aromatic heterocycles. The molecule has 0 aliphatic carbocycles. The first-order chi connectivity index (χ1) is 8.52. The molecular weight excluding hydrogens is 232 g/mol. The van der Waals surface area contributed by atoms with Gasteiger partial charge in [-0.1, -0.05) is 0 Å². The fraction of sp³-hybridized carbons (Fsp3) is 0.231. The van der Waals surface area contributed by atoms with Gasteiger partial charge in [-0.05, 0) is 18.2 Å². The van der Waals surface area contributed by atoms with E-state index in [1.807, 2.05) is 31.1 Å². The maximum atomic E-state index is 11.9. The normalized spacial score (nSPS) is 10.4. The van der Waals surface area contributed by atoms with Gasteiger partial charge in [0.2, 0.25) is 0 Å². The maximum Gasteiger partial charge on any atom is 0.354 e. The molecule has 1 N–H and O–H groups in total. The van der Waals surface area contributed by atoms with Crippen molar-refractivity contribution < 1.29 is 9.53 Å². The lowest BCUT2D eigenvalue weighted by atomic mass is 10.1. The number of hydrogen-bond acceptors (Lipinski definition) is 4. The third-order valence-corrected chi connectivity index (χ3v) is 2.74. The van der Waals surface area contributed by atoms with Gasteiger partial charge in [0.15, 0.2) is 5.43 Å². The van der Waals surface area contributed by atoms with Gasteiger partial charge in [-0.3, -0.25) is 4.79 Å². The van der Waals surface area contributed by atoms with Crippen LogP contribution in [0.3, 0.4) is 0 Å². The van der Waals surface area contributed by atoms with E-state index in [0.717, 1.165) is 5.69 Å². The molecule has 0 spiro atoms. The van der Waals surface area contributed by atoms with Crippen LogP contribution in [0.5, 0.6) is 0 Å². The van der Waals surface area contributed by atoms with Crippen LogP contribution in [-0.4, -0.2) is 32.2 Å². The number of carbonyl (C=O) groups is 1. The zero-order valence-corrected chi connectivity index (χ0v) is 10.5. The Labute approximate surface area is 104 Å². The SMILES string of the molecule is COC(=O)c1cc(=O)c2ccc(N(C)C)cc2[nH]1. The maximum absolute atomic E-state index is 11.9. The molecular formula is C13H14N2O3. The van der Waals surface area contributed by atoms with Crippen LogP contribution in [-0.2, 0) is 4.74 Å². The van der Waals surface area contributed by atoms with Crippen LogP contribution in [0.25, 0.3) is 10.9 Å². The number of hydrogen-bond donors (Lipinski definition) is 1. The van der Waals surface area contributed by atoms with Crippen LogP contribution in [0, 0.1) is 0 Å². The van der Waals surface area contributed by atoms with Crippen LogP contribution in [0.4, 0.5) is 5.69 Å². The molecule has 0 aliphatic rings. The first kappa shape index (κ1) is 12.2. The zero-order chi connectivity index (χ0) is 13.3. The van der Waals surface area contributed by atoms with E-state index in [1.165, 1.54) is 13.2 Å². The van der Waals surface area contributed by atoms with Crippen molar-refractivity contribution in [2.24, 2.45) is 0 Å². The summed E-state index contributed by atoms with van der Waals surface area (Å²) in [5.41, 5.74) is 1.52. The molecule has 5 nitrogen and oxygen atoms in total. The van der Waals surface area contributed by atoms with Crippen molar-refractivity contribution in [2.45, 2.75) is 0 Å². The summed E-state index contributed by atoms with van der Waals surface area (Å²) in [6, 6.07) is 6.67. The second-order valence-corrected chi connectivity index (χ2v) is 4.16. The number of ether oxygens (including phenoxy) is 1. The lowest BCUT2D eigenvalue weighted by Crippen LogP contribution is -2.13. The van der Waals surface area contributed by atoms with Gasteiger partial charge in [0.05, 0.1) is 12.6 Å². The van der Waals surface area contributed by atoms with Crippen molar-refractivity contribution >= 4 is 22.6 Å². The average molecular weight is 246 g/mol. The summed E-state index contributed by atoms with van der Waals surface area (Å²) in [5, 5.41) is 0.549. The fourth-order valence-electron chi connectivity index (χ4n) is 1.74. The van der Waals surface area contributed by atoms with Gasteiger partial charge in [0.1, 0.15) is 5.69 Å². The van der Waals surface area contributed by atoms with E-state index in [-0.39, 0.29) is 11.1 Å². The molecule has 2 rings (SSSR count). The van der Waals surface area contributed by atoms with E-state index in [0.29, 0.717) is 10.9 Å². The van der Waals surface area contributed by atoms with E-state index >= 15 is 0 Å². The minimum Gasteiger partial charge on any atom is -0.464 e. The second kappa shape index (κ2) is 4.52. The molecule has 1 heterocycles. The summed E-state index contributed by atoms with van der Waals surface area (Å²) in [6.07, 6.45) is 0. The van der Waals surface area contributed by atoms with Crippen molar-refractivity contribution in [3.05, 3.63) is 40.2 Å². The van der Waals surface area contributed by atoms with Gasteiger partial charge in [0.25, 0.3) is 0 Å². The number of aromatic nitrogens is 1. The largest absolute Gasteiger partial charge is 0.464 e. The number of fused-ring (bicyclic) bond motifs is 1. The molecule has 1 aromatic carbocycles. The van der Waals surface area contributed by atoms with Crippen molar-refractivity contribution in [1.82, 2.24) is 4.98 Å². The summed E-state index contributed by atoms with van der Waals surface area (Å²) in [4.78, 5) is 28.1. The minimum atomic E-state index is -0.552. The van der Waals surface area contributed by atoms with Crippen LogP contribution in [0.2, 0.25) is 0 Å². The highest BCUT2D eigenvalue weighted by Gasteiger charge is 2.10. The third-order valence-electron chi connectivity index (χ3n) is 2.74. The van der Waals surface area contributed by atoms with Crippen molar-refractivity contribution in [2.75, 3.05) is 26.1 Å². The summed E-state index contributed by atoms with van der Waals surface area (Å²) >= 11 is 0. The number of carbonyl (C=O) groups excluding carboxylic acids is 1. The lowest BCUT2D eigenvalue weighted by molar-refractivity contribution is 0.0594. The number of rotatable bonds is 2. The van der Waals surface area contributed by atoms with Crippen molar-refractivity contribution in [3.63, 3.8) is 0 Å². The number of nitrogens with zero attached hydrogens (tertiary/aromatic N) is 1. The van der Waals surface area contributed by atoms with Crippen LogP contribution < -0.4 is 10.3 Å². The monoisotopic (exact) mass is 246 g/mol. The molecule has 94 valence electrons. The first-order valence-electron chi connectivity index (χ1n) is 5.45. The van der Waals surface area contributed by atoms with Crippen LogP contribution in [0.1, 0.15) is 10.5 Å². The van der Waals surface area contributed by atoms with Crippen molar-refractivity contribution in [1.29, 1.82) is 0 Å². The molecule has 0 radical (unpaired) electrons. The molecule has 0 aliphatic heterocycles. The quantitative estimate of drug-likeness (QED) is 0.813. The summed E-state index contributed by atoms with van der Waals surface area (Å²) in [7, 11) is 5.09. The van der Waals surface area contributed by atoms with E-state index in [9.17, 15) is 9.59 Å². The number of pyridine rings is 1. The fourth-order valence-corrected chi connectivity index (χ4v) is 1.74. The van der Waals surface area contributed by atoms with E-state index in [1.54, 1.807) is 6.07 Å². The Morgan fingerprint density at radius 3 is 2.61 bits per heavy atom. The number of anilines is 1. The second-order valence-electron chi connectivity index (χ2n) is 4.16. The molecule has 5 heteroatoms. The Morgan fingerprint density at radius 2 is 2.00 bits per heavy atom. The Morgan fingerprint density at radius 1 is 1.28 bits per heavy atom. The highest BCUT2D eigenvalue weighted by Crippen LogP contribution is 2.17. The van der Waals surface area contributed by atoms with E-state index in [4.69, 9.17) is 0 Å². The number of H-pyrrole nitrogens is 1. The molecule has 0 unspecified atom stereocenters. The predicted octanol–water partition coefficient (Wildman–Crippen LogP) is 1.38. The summed E-state index contributed by atoms with van der Waals surface area (Å²) < 4.78 is 4.60. The van der Waals surface area contributed by atoms with E-state index < -0.39 is 5.97 Å². The molecule has 18 heavy (non-hydrogen) atoms. The molecule has 0 saturated heterocycles. The smallest absolute Gasteiger partial charge is 0.354 e. The molecule has 0 amide bonds. The number of benzene rings is 1. The minimum absolute atomic E-state index is 0.158. The third kappa shape index (κ3) is 2.07. The van der Waals surface area contributed by atoms with E-state index in [2.05, 4.69) is 9.72 Å². The topological polar surface area (TPSA) is 62.4 Å². The van der Waals surface area contributed by atoms with Gasteiger partial charge in [-0.2, -0.15) is 0 Å². The lowest BCUT2D eigenvalue weighted by Gasteiger charge is -2.13. The predicted molar refractivity (Wildman–Crippen MR) is 70.2 cm³/mol. The van der Waals surface area contributed by atoms with Gasteiger partial charge in [0, 0.05) is 31.2 Å². The van der Waals surface area contributed by atoms with Crippen LogP contribution >= 0.6 is 0 Å². The van der Waals surface area contributed by atoms with Gasteiger partial charge < -0.3 is 14.6 Å². The molecule has 0 atom stereocenters. The summed E-state index contributed by atoms with van der Waals surface area (Å²) in [5.74, 6) is -0.552. The molecule has 0 bridgehead atoms. The van der Waals surface area contributed by atoms with Gasteiger partial charge >= 0.3 is 5.97 Å². The zero-order valence-electron chi connectivity index (χ0n) is 10.5. The first-order valence-corrected chi connectivity index (χ1v) is 5.45. The highest BCUT2D eigenvalue weighted by atomic mass is 16.5. The number of esters is 1. The Hall–Kier alpha value is -2.30. The molecule has 0 fully saturated rings. The number of methoxy groups -OCH3 is 1. The number of nitrogens with one attached hydrogen (secondary N) is 1. The van der Waals surface area contributed by atoms with Gasteiger partial charge in [-0.25, -0.2) is 4.79 Å². The van der Waals surface area contributed by atoms with Crippen LogP contribution in [0.15, 0.2) is 29.1 Å². The molecule has 0 saturated carbocycles. The standard InChI is InChI=1S/C13H14N2O3/c1-15(2)8-4-5-9-10(6-8)14-11(7-12(9)16)13(17)18-3/h4-7H,1-3H3,(H,14,16). The number of aromatic amines is 1. The summed E-state index contributed by atoms with van der Waals surface area (Å²) in [6.45, 7) is 0. The Balaban J connectivity index is 2.68. The van der Waals surface area contributed by atoms with Gasteiger partial charge in [-0.15, -0.1) is 0 Å².